The summed E-state index contributed by atoms with van der Waals surface area (Å²) in [6.07, 6.45) is 5.80. The number of likely N-dealkylation sites (N-methyl/N-ethyl adjacent to an activating group) is 2. The van der Waals surface area contributed by atoms with Crippen molar-refractivity contribution in [1.29, 1.82) is 0 Å². The van der Waals surface area contributed by atoms with Crippen LogP contribution < -0.4 is 9.88 Å². The number of aromatic nitrogens is 1. The molecule has 9 nitrogen and oxygen atoms in total. The number of para-hydroxylation sites is 1. The van der Waals surface area contributed by atoms with Crippen molar-refractivity contribution in [2.75, 3.05) is 47.0 Å². The van der Waals surface area contributed by atoms with Crippen molar-refractivity contribution in [3.05, 3.63) is 53.6 Å². The van der Waals surface area contributed by atoms with E-state index in [1.165, 1.54) is 24.8 Å². The maximum absolute atomic E-state index is 12.9. The zero-order valence-electron chi connectivity index (χ0n) is 23.6. The number of hydrogen-bond acceptors (Lipinski definition) is 7. The minimum atomic E-state index is -0.942. The average molecular weight is 569 g/mol. The van der Waals surface area contributed by atoms with Gasteiger partial charge in [-0.25, -0.2) is 9.10 Å². The Kier molecular flexibility index (Phi) is 10.5. The van der Waals surface area contributed by atoms with Crippen LogP contribution in [0.4, 0.5) is 0 Å². The fourth-order valence-corrected chi connectivity index (χ4v) is 5.62. The average Bonchev–Trinajstić information content (AvgIpc) is 3.27. The summed E-state index contributed by atoms with van der Waals surface area (Å²) < 4.78 is 15.7. The first kappa shape index (κ1) is 29.9. The molecule has 216 valence electrons. The molecule has 10 heteroatoms. The summed E-state index contributed by atoms with van der Waals surface area (Å²) in [5, 5.41) is 16.2. The molecule has 3 N–H and O–H groups in total. The molecular formula is C30H40N4O5S. The van der Waals surface area contributed by atoms with Gasteiger partial charge < -0.3 is 24.0 Å². The number of hydrogen-bond donors (Lipinski definition) is 2. The number of ether oxygens (including phenoxy) is 2. The molecule has 0 saturated heterocycles. The SMILES string of the molecule is CN(CCOCCN(C)C(=O)COc1ccccc1-c1c(C2CCCCC2)c2ccc(C(=O)O)cc2n1C)SN. The lowest BCUT2D eigenvalue weighted by Gasteiger charge is -2.24. The van der Waals surface area contributed by atoms with Gasteiger partial charge in [0.1, 0.15) is 5.75 Å². The van der Waals surface area contributed by atoms with E-state index in [0.717, 1.165) is 47.1 Å². The van der Waals surface area contributed by atoms with Crippen molar-refractivity contribution < 1.29 is 24.2 Å². The normalized spacial score (nSPS) is 14.1. The maximum Gasteiger partial charge on any atom is 0.335 e. The molecule has 1 aliphatic carbocycles. The van der Waals surface area contributed by atoms with Gasteiger partial charge in [0.15, 0.2) is 6.61 Å². The molecule has 1 aliphatic rings. The molecule has 3 aromatic rings. The number of carbonyl (C=O) groups is 2. The number of benzene rings is 2. The number of nitrogens with zero attached hydrogens (tertiary/aromatic N) is 3. The van der Waals surface area contributed by atoms with Crippen LogP contribution in [0, 0.1) is 0 Å². The van der Waals surface area contributed by atoms with E-state index in [1.54, 1.807) is 24.1 Å². The highest BCUT2D eigenvalue weighted by Crippen LogP contribution is 2.45. The Morgan fingerprint density at radius 1 is 1.07 bits per heavy atom. The zero-order valence-corrected chi connectivity index (χ0v) is 24.4. The minimum Gasteiger partial charge on any atom is -0.483 e. The number of carboxylic acid groups (broad SMARTS) is 1. The number of aromatic carboxylic acids is 1. The van der Waals surface area contributed by atoms with Crippen LogP contribution in [-0.2, 0) is 16.6 Å². The molecule has 1 amide bonds. The van der Waals surface area contributed by atoms with Gasteiger partial charge in [0.05, 0.1) is 24.5 Å². The molecule has 0 bridgehead atoms. The molecular weight excluding hydrogens is 528 g/mol. The molecule has 1 aromatic heterocycles. The first-order chi connectivity index (χ1) is 19.3. The second-order valence-corrected chi connectivity index (χ2v) is 11.2. The summed E-state index contributed by atoms with van der Waals surface area (Å²) in [5.74, 6) is -0.0670. The lowest BCUT2D eigenvalue weighted by Crippen LogP contribution is -2.34. The largest absolute Gasteiger partial charge is 0.483 e. The number of carbonyl (C=O) groups excluding carboxylic acids is 1. The van der Waals surface area contributed by atoms with Crippen LogP contribution >= 0.6 is 12.1 Å². The first-order valence-corrected chi connectivity index (χ1v) is 14.6. The van der Waals surface area contributed by atoms with Gasteiger partial charge in [0.2, 0.25) is 0 Å². The van der Waals surface area contributed by atoms with Crippen molar-refractivity contribution in [1.82, 2.24) is 13.8 Å². The van der Waals surface area contributed by atoms with Gasteiger partial charge in [-0.3, -0.25) is 9.93 Å². The summed E-state index contributed by atoms with van der Waals surface area (Å²) in [4.78, 5) is 26.2. The second kappa shape index (κ2) is 14.0. The molecule has 0 atom stereocenters. The standard InChI is InChI=1S/C30H40N4O5S/c1-32(15-17-38-18-16-33(2)40-31)27(35)20-39-26-12-8-7-11-24(26)29-28(21-9-5-4-6-10-21)23-14-13-22(30(36)37)19-25(23)34(29)3/h7-8,11-14,19,21H,4-6,9-10,15-18,20,31H2,1-3H3,(H,36,37). The Balaban J connectivity index is 1.55. The van der Waals surface area contributed by atoms with Crippen LogP contribution in [0.2, 0.25) is 0 Å². The Labute approximate surface area is 240 Å². The predicted molar refractivity (Wildman–Crippen MR) is 159 cm³/mol. The van der Waals surface area contributed by atoms with Crippen LogP contribution in [0.25, 0.3) is 22.2 Å². The molecule has 0 aliphatic heterocycles. The Morgan fingerprint density at radius 2 is 1.80 bits per heavy atom. The number of amides is 1. The molecule has 0 spiro atoms. The lowest BCUT2D eigenvalue weighted by atomic mass is 9.81. The monoisotopic (exact) mass is 568 g/mol. The fourth-order valence-electron chi connectivity index (χ4n) is 5.44. The Bertz CT molecular complexity index is 1320. The van der Waals surface area contributed by atoms with Gasteiger partial charge in [0, 0.05) is 55.8 Å². The number of carboxylic acids is 1. The molecule has 1 heterocycles. The lowest BCUT2D eigenvalue weighted by molar-refractivity contribution is -0.132. The van der Waals surface area contributed by atoms with E-state index < -0.39 is 5.97 Å². The molecule has 40 heavy (non-hydrogen) atoms. The van der Waals surface area contributed by atoms with E-state index in [2.05, 4.69) is 4.57 Å². The van der Waals surface area contributed by atoms with Crippen LogP contribution in [-0.4, -0.2) is 77.8 Å². The van der Waals surface area contributed by atoms with Crippen LogP contribution in [0.15, 0.2) is 42.5 Å². The summed E-state index contributed by atoms with van der Waals surface area (Å²) in [6.45, 7) is 2.04. The fraction of sp³-hybridized carbons (Fsp3) is 0.467. The maximum atomic E-state index is 12.9. The second-order valence-electron chi connectivity index (χ2n) is 10.4. The van der Waals surface area contributed by atoms with Crippen molar-refractivity contribution in [2.24, 2.45) is 12.2 Å². The van der Waals surface area contributed by atoms with Crippen LogP contribution in [0.1, 0.15) is 53.9 Å². The third kappa shape index (κ3) is 6.98. The van der Waals surface area contributed by atoms with Crippen molar-refractivity contribution in [3.8, 4) is 17.0 Å². The summed E-state index contributed by atoms with van der Waals surface area (Å²) in [6, 6.07) is 13.2. The van der Waals surface area contributed by atoms with Crippen LogP contribution in [0.5, 0.6) is 5.75 Å². The third-order valence-electron chi connectivity index (χ3n) is 7.72. The highest BCUT2D eigenvalue weighted by molar-refractivity contribution is 7.94. The molecule has 2 aromatic carbocycles. The molecule has 0 radical (unpaired) electrons. The van der Waals surface area contributed by atoms with E-state index >= 15 is 0 Å². The minimum absolute atomic E-state index is 0.0913. The van der Waals surface area contributed by atoms with Crippen molar-refractivity contribution in [3.63, 3.8) is 0 Å². The van der Waals surface area contributed by atoms with E-state index in [4.69, 9.17) is 14.6 Å². The summed E-state index contributed by atoms with van der Waals surface area (Å²) in [7, 11) is 5.62. The zero-order chi connectivity index (χ0) is 28.6. The molecule has 1 fully saturated rings. The summed E-state index contributed by atoms with van der Waals surface area (Å²) in [5.41, 5.74) is 4.32. The predicted octanol–water partition coefficient (Wildman–Crippen LogP) is 4.90. The summed E-state index contributed by atoms with van der Waals surface area (Å²) >= 11 is 1.16. The first-order valence-electron chi connectivity index (χ1n) is 13.8. The third-order valence-corrected chi connectivity index (χ3v) is 8.26. The van der Waals surface area contributed by atoms with Crippen LogP contribution in [0.3, 0.4) is 0 Å². The highest BCUT2D eigenvalue weighted by atomic mass is 32.2. The Hall–Kier alpha value is -3.05. The van der Waals surface area contributed by atoms with Gasteiger partial charge in [-0.1, -0.05) is 37.5 Å². The molecule has 0 unspecified atom stereocenters. The van der Waals surface area contributed by atoms with E-state index in [-0.39, 0.29) is 18.1 Å². The quantitative estimate of drug-likeness (QED) is 0.221. The van der Waals surface area contributed by atoms with Gasteiger partial charge in [0.25, 0.3) is 5.91 Å². The van der Waals surface area contributed by atoms with Gasteiger partial charge in [-0.2, -0.15) is 0 Å². The molecule has 4 rings (SSSR count). The van der Waals surface area contributed by atoms with Gasteiger partial charge >= 0.3 is 5.97 Å². The molecule has 1 saturated carbocycles. The van der Waals surface area contributed by atoms with E-state index in [0.29, 0.717) is 38.0 Å². The number of rotatable bonds is 13. The number of aryl methyl sites for hydroxylation is 1. The number of nitrogens with two attached hydrogens (primary N) is 1. The highest BCUT2D eigenvalue weighted by Gasteiger charge is 2.27. The van der Waals surface area contributed by atoms with Crippen molar-refractivity contribution >= 4 is 34.9 Å². The smallest absolute Gasteiger partial charge is 0.335 e. The topological polar surface area (TPSA) is 110 Å². The van der Waals surface area contributed by atoms with Crippen molar-refractivity contribution in [2.45, 2.75) is 38.0 Å². The van der Waals surface area contributed by atoms with E-state index in [1.807, 2.05) is 48.7 Å². The van der Waals surface area contributed by atoms with Gasteiger partial charge in [-0.05, 0) is 55.6 Å². The number of fused-ring (bicyclic) bond motifs is 1. The Morgan fingerprint density at radius 3 is 2.52 bits per heavy atom. The van der Waals surface area contributed by atoms with E-state index in [9.17, 15) is 14.7 Å². The van der Waals surface area contributed by atoms with Gasteiger partial charge in [-0.15, -0.1) is 0 Å².